The van der Waals surface area contributed by atoms with Gasteiger partial charge in [0.2, 0.25) is 5.91 Å². The van der Waals surface area contributed by atoms with Crippen molar-refractivity contribution in [1.29, 1.82) is 0 Å². The number of nitrogens with one attached hydrogen (secondary N) is 2. The van der Waals surface area contributed by atoms with Crippen molar-refractivity contribution >= 4 is 35.8 Å². The van der Waals surface area contributed by atoms with Gasteiger partial charge < -0.3 is 20.3 Å². The highest BCUT2D eigenvalue weighted by Crippen LogP contribution is 2.18. The van der Waals surface area contributed by atoms with E-state index in [1.165, 1.54) is 6.07 Å². The lowest BCUT2D eigenvalue weighted by Gasteiger charge is -2.22. The second kappa shape index (κ2) is 11.9. The summed E-state index contributed by atoms with van der Waals surface area (Å²) in [5.74, 6) is 0.725. The van der Waals surface area contributed by atoms with Crippen LogP contribution in [0.25, 0.3) is 0 Å². The maximum absolute atomic E-state index is 13.5. The highest BCUT2D eigenvalue weighted by atomic mass is 127. The Hall–Kier alpha value is -1.58. The van der Waals surface area contributed by atoms with Crippen molar-refractivity contribution < 1.29 is 13.9 Å². The third-order valence-corrected chi connectivity index (χ3v) is 3.90. The minimum Gasteiger partial charge on any atom is -0.489 e. The molecule has 1 aromatic rings. The van der Waals surface area contributed by atoms with Crippen LogP contribution in [0.5, 0.6) is 5.75 Å². The van der Waals surface area contributed by atoms with Gasteiger partial charge in [-0.15, -0.1) is 24.0 Å². The highest BCUT2D eigenvalue weighted by molar-refractivity contribution is 14.0. The first kappa shape index (κ1) is 22.5. The van der Waals surface area contributed by atoms with Gasteiger partial charge in [0.1, 0.15) is 6.61 Å². The van der Waals surface area contributed by atoms with E-state index < -0.39 is 0 Å². The number of ether oxygens (including phenoxy) is 1. The van der Waals surface area contributed by atoms with Gasteiger partial charge in [-0.2, -0.15) is 0 Å². The molecule has 8 heteroatoms. The number of likely N-dealkylation sites (N-methyl/N-ethyl adjacent to an activating group) is 1. The molecule has 0 saturated heterocycles. The first-order chi connectivity index (χ1) is 12.1. The number of hydrogen-bond acceptors (Lipinski definition) is 3. The molecule has 146 valence electrons. The predicted molar refractivity (Wildman–Crippen MR) is 112 cm³/mol. The molecule has 1 saturated carbocycles. The summed E-state index contributed by atoms with van der Waals surface area (Å²) >= 11 is 0. The number of carbonyl (C=O) groups excluding carboxylic acids is 1. The normalized spacial score (nSPS) is 13.6. The molecular formula is C18H28FIN4O2. The summed E-state index contributed by atoms with van der Waals surface area (Å²) < 4.78 is 18.9. The van der Waals surface area contributed by atoms with E-state index in [1.807, 2.05) is 11.9 Å². The molecule has 1 aliphatic rings. The Labute approximate surface area is 171 Å². The van der Waals surface area contributed by atoms with Crippen molar-refractivity contribution in [3.8, 4) is 5.75 Å². The number of carbonyl (C=O) groups is 1. The number of aliphatic imine (C=N–C) groups is 1. The molecule has 2 rings (SSSR count). The minimum atomic E-state index is -0.364. The van der Waals surface area contributed by atoms with Crippen LogP contribution in [0.15, 0.2) is 29.3 Å². The second-order valence-corrected chi connectivity index (χ2v) is 6.12. The summed E-state index contributed by atoms with van der Waals surface area (Å²) in [4.78, 5) is 17.7. The Morgan fingerprint density at radius 2 is 2.12 bits per heavy atom. The van der Waals surface area contributed by atoms with Gasteiger partial charge in [0.05, 0.1) is 6.54 Å². The van der Waals surface area contributed by atoms with E-state index in [0.29, 0.717) is 32.2 Å². The van der Waals surface area contributed by atoms with E-state index in [9.17, 15) is 9.18 Å². The maximum Gasteiger partial charge on any atom is 0.220 e. The summed E-state index contributed by atoms with van der Waals surface area (Å²) in [7, 11) is 3.59. The molecule has 1 aromatic carbocycles. The van der Waals surface area contributed by atoms with Gasteiger partial charge in [-0.1, -0.05) is 12.1 Å². The Kier molecular flexibility index (Phi) is 10.3. The fourth-order valence-corrected chi connectivity index (χ4v) is 2.32. The lowest BCUT2D eigenvalue weighted by molar-refractivity contribution is -0.121. The minimum absolute atomic E-state index is 0. The first-order valence-corrected chi connectivity index (χ1v) is 8.68. The van der Waals surface area contributed by atoms with Crippen molar-refractivity contribution in [3.05, 3.63) is 30.1 Å². The van der Waals surface area contributed by atoms with Crippen LogP contribution in [-0.4, -0.2) is 56.6 Å². The van der Waals surface area contributed by atoms with E-state index in [-0.39, 0.29) is 41.5 Å². The van der Waals surface area contributed by atoms with Crippen molar-refractivity contribution in [2.24, 2.45) is 4.99 Å². The van der Waals surface area contributed by atoms with E-state index in [4.69, 9.17) is 4.74 Å². The largest absolute Gasteiger partial charge is 0.489 e. The molecule has 1 fully saturated rings. The van der Waals surface area contributed by atoms with Crippen LogP contribution in [0.2, 0.25) is 0 Å². The van der Waals surface area contributed by atoms with E-state index >= 15 is 0 Å². The molecule has 0 atom stereocenters. The molecule has 1 aliphatic carbocycles. The number of rotatable bonds is 9. The fourth-order valence-electron chi connectivity index (χ4n) is 2.32. The van der Waals surface area contributed by atoms with Crippen LogP contribution in [0.4, 0.5) is 4.39 Å². The van der Waals surface area contributed by atoms with Crippen molar-refractivity contribution in [2.75, 3.05) is 33.8 Å². The molecule has 1 amide bonds. The average Bonchev–Trinajstić information content (AvgIpc) is 3.40. The fraction of sp³-hybridized carbons (Fsp3) is 0.556. The van der Waals surface area contributed by atoms with Gasteiger partial charge in [-0.25, -0.2) is 4.39 Å². The summed E-state index contributed by atoms with van der Waals surface area (Å²) in [6, 6.07) is 6.76. The Bertz CT molecular complexity index is 596. The monoisotopic (exact) mass is 478 g/mol. The molecule has 0 bridgehead atoms. The van der Waals surface area contributed by atoms with Crippen LogP contribution < -0.4 is 15.4 Å². The van der Waals surface area contributed by atoms with Crippen LogP contribution >= 0.6 is 24.0 Å². The molecule has 2 N–H and O–H groups in total. The number of benzene rings is 1. The molecule has 0 aliphatic heterocycles. The van der Waals surface area contributed by atoms with E-state index in [1.54, 1.807) is 25.2 Å². The van der Waals surface area contributed by atoms with Gasteiger partial charge in [0, 0.05) is 33.1 Å². The number of guanidine groups is 1. The molecule has 6 nitrogen and oxygen atoms in total. The zero-order valence-corrected chi connectivity index (χ0v) is 17.7. The van der Waals surface area contributed by atoms with Gasteiger partial charge in [-0.3, -0.25) is 9.79 Å². The van der Waals surface area contributed by atoms with Gasteiger partial charge in [0.25, 0.3) is 0 Å². The smallest absolute Gasteiger partial charge is 0.220 e. The molecule has 0 spiro atoms. The highest BCUT2D eigenvalue weighted by Gasteiger charge is 2.22. The van der Waals surface area contributed by atoms with Crippen molar-refractivity contribution in [2.45, 2.75) is 31.7 Å². The number of para-hydroxylation sites is 1. The molecule has 0 radical (unpaired) electrons. The average molecular weight is 478 g/mol. The molecular weight excluding hydrogens is 450 g/mol. The second-order valence-electron chi connectivity index (χ2n) is 6.12. The Balaban J connectivity index is 0.00000338. The summed E-state index contributed by atoms with van der Waals surface area (Å²) in [6.07, 6.45) is 3.48. The van der Waals surface area contributed by atoms with Crippen molar-refractivity contribution in [1.82, 2.24) is 15.5 Å². The third-order valence-electron chi connectivity index (χ3n) is 3.90. The topological polar surface area (TPSA) is 66.0 Å². The molecule has 26 heavy (non-hydrogen) atoms. The van der Waals surface area contributed by atoms with E-state index in [0.717, 1.165) is 25.2 Å². The SMILES string of the molecule is CN=C(NCCCC(=O)NC1CC1)N(C)CCOc1ccccc1F.I. The third kappa shape index (κ3) is 8.20. The van der Waals surface area contributed by atoms with Crippen LogP contribution in [0.1, 0.15) is 25.7 Å². The van der Waals surface area contributed by atoms with Crippen LogP contribution in [-0.2, 0) is 4.79 Å². The Morgan fingerprint density at radius 3 is 2.77 bits per heavy atom. The summed E-state index contributed by atoms with van der Waals surface area (Å²) in [5, 5.41) is 6.19. The van der Waals surface area contributed by atoms with Gasteiger partial charge >= 0.3 is 0 Å². The summed E-state index contributed by atoms with van der Waals surface area (Å²) in [5.41, 5.74) is 0. The lowest BCUT2D eigenvalue weighted by atomic mass is 10.3. The standard InChI is InChI=1S/C18H27FN4O2.HI/c1-20-18(21-11-5-8-17(24)22-14-9-10-14)23(2)12-13-25-16-7-4-3-6-15(16)19;/h3-4,6-7,14H,5,8-13H2,1-2H3,(H,20,21)(H,22,24);1H. The molecule has 0 unspecified atom stereocenters. The number of hydrogen-bond donors (Lipinski definition) is 2. The predicted octanol–water partition coefficient (Wildman–Crippen LogP) is 2.39. The number of amides is 1. The Morgan fingerprint density at radius 1 is 1.38 bits per heavy atom. The molecule has 0 aromatic heterocycles. The maximum atomic E-state index is 13.5. The zero-order valence-electron chi connectivity index (χ0n) is 15.3. The number of halogens is 2. The van der Waals surface area contributed by atoms with Crippen LogP contribution in [0.3, 0.4) is 0 Å². The van der Waals surface area contributed by atoms with E-state index in [2.05, 4.69) is 15.6 Å². The van der Waals surface area contributed by atoms with Gasteiger partial charge in [-0.05, 0) is 31.4 Å². The first-order valence-electron chi connectivity index (χ1n) is 8.68. The lowest BCUT2D eigenvalue weighted by Crippen LogP contribution is -2.41. The van der Waals surface area contributed by atoms with Crippen LogP contribution in [0, 0.1) is 5.82 Å². The van der Waals surface area contributed by atoms with Crippen molar-refractivity contribution in [3.63, 3.8) is 0 Å². The quantitative estimate of drug-likeness (QED) is 0.248. The zero-order chi connectivity index (χ0) is 18.1. The number of nitrogens with zero attached hydrogens (tertiary/aromatic N) is 2. The molecule has 0 heterocycles. The van der Waals surface area contributed by atoms with Gasteiger partial charge in [0.15, 0.2) is 17.5 Å². The summed E-state index contributed by atoms with van der Waals surface area (Å²) in [6.45, 7) is 1.58.